The normalized spacial score (nSPS) is 11.6. The lowest BCUT2D eigenvalue weighted by Gasteiger charge is -2.14. The van der Waals surface area contributed by atoms with E-state index in [-0.39, 0.29) is 12.6 Å². The summed E-state index contributed by atoms with van der Waals surface area (Å²) in [6.45, 7) is 2.01. The van der Waals surface area contributed by atoms with E-state index in [1.54, 1.807) is 31.2 Å². The number of hydrogen-bond acceptors (Lipinski definition) is 5. The van der Waals surface area contributed by atoms with Gasteiger partial charge in [0.25, 0.3) is 0 Å². The summed E-state index contributed by atoms with van der Waals surface area (Å²) in [5.74, 6) is -0.744. The number of ether oxygens (including phenoxy) is 2. The summed E-state index contributed by atoms with van der Waals surface area (Å²) in [6.07, 6.45) is 1.39. The van der Waals surface area contributed by atoms with Crippen LogP contribution in [0.2, 0.25) is 5.02 Å². The zero-order valence-corrected chi connectivity index (χ0v) is 19.0. The van der Waals surface area contributed by atoms with Gasteiger partial charge in [-0.1, -0.05) is 66.2 Å². The van der Waals surface area contributed by atoms with Crippen LogP contribution in [0.4, 0.5) is 0 Å². The Morgan fingerprint density at radius 3 is 2.45 bits per heavy atom. The van der Waals surface area contributed by atoms with Gasteiger partial charge < -0.3 is 14.8 Å². The van der Waals surface area contributed by atoms with Crippen molar-refractivity contribution < 1.29 is 19.1 Å². The average Bonchev–Trinajstić information content (AvgIpc) is 2.84. The van der Waals surface area contributed by atoms with Crippen LogP contribution in [0.15, 0.2) is 77.9 Å². The van der Waals surface area contributed by atoms with Gasteiger partial charge in [0.05, 0.1) is 19.4 Å². The van der Waals surface area contributed by atoms with Crippen LogP contribution in [-0.4, -0.2) is 25.1 Å². The van der Waals surface area contributed by atoms with Crippen molar-refractivity contribution in [3.8, 4) is 11.5 Å². The summed E-state index contributed by atoms with van der Waals surface area (Å²) < 4.78 is 11.3. The summed E-state index contributed by atoms with van der Waals surface area (Å²) in [5, 5.41) is 7.13. The van der Waals surface area contributed by atoms with Crippen LogP contribution >= 0.6 is 11.6 Å². The third-order valence-corrected chi connectivity index (χ3v) is 5.15. The first-order chi connectivity index (χ1) is 16.0. The quantitative estimate of drug-likeness (QED) is 0.295. The van der Waals surface area contributed by atoms with E-state index in [1.807, 2.05) is 48.5 Å². The molecule has 2 N–H and O–H groups in total. The Morgan fingerprint density at radius 1 is 1.00 bits per heavy atom. The largest absolute Gasteiger partial charge is 0.493 e. The van der Waals surface area contributed by atoms with Crippen LogP contribution in [0, 0.1) is 0 Å². The SMILES string of the molecule is COc1cccc(/C=N\NC(=O)C(=O)N[C@@H](C)c2ccccc2)c1OCc1ccccc1Cl. The first-order valence-corrected chi connectivity index (χ1v) is 10.6. The van der Waals surface area contributed by atoms with Crippen molar-refractivity contribution in [1.29, 1.82) is 0 Å². The fraction of sp³-hybridized carbons (Fsp3) is 0.160. The number of benzene rings is 3. The molecule has 0 fully saturated rings. The minimum absolute atomic E-state index is 0.215. The minimum Gasteiger partial charge on any atom is -0.493 e. The molecule has 170 valence electrons. The number of hydrazone groups is 1. The number of para-hydroxylation sites is 1. The molecule has 0 saturated carbocycles. The Hall–Kier alpha value is -3.84. The Morgan fingerprint density at radius 2 is 1.73 bits per heavy atom. The highest BCUT2D eigenvalue weighted by Crippen LogP contribution is 2.31. The van der Waals surface area contributed by atoms with E-state index in [0.29, 0.717) is 22.1 Å². The summed E-state index contributed by atoms with van der Waals surface area (Å²) in [7, 11) is 1.53. The van der Waals surface area contributed by atoms with Gasteiger partial charge in [0.2, 0.25) is 0 Å². The lowest BCUT2D eigenvalue weighted by Crippen LogP contribution is -2.39. The molecule has 0 bridgehead atoms. The predicted octanol–water partition coefficient (Wildman–Crippen LogP) is 4.26. The monoisotopic (exact) mass is 465 g/mol. The van der Waals surface area contributed by atoms with Gasteiger partial charge in [-0.05, 0) is 30.7 Å². The second kappa shape index (κ2) is 11.7. The fourth-order valence-corrected chi connectivity index (χ4v) is 3.20. The molecule has 3 aromatic rings. The molecule has 33 heavy (non-hydrogen) atoms. The van der Waals surface area contributed by atoms with Gasteiger partial charge in [-0.15, -0.1) is 0 Å². The Balaban J connectivity index is 1.64. The number of methoxy groups -OCH3 is 1. The summed E-state index contributed by atoms with van der Waals surface area (Å²) in [5.41, 5.74) is 4.49. The molecule has 0 radical (unpaired) electrons. The maximum absolute atomic E-state index is 12.2. The molecule has 0 aliphatic rings. The molecule has 8 heteroatoms. The molecule has 0 spiro atoms. The van der Waals surface area contributed by atoms with Crippen molar-refractivity contribution in [2.24, 2.45) is 5.10 Å². The number of carbonyl (C=O) groups is 2. The highest BCUT2D eigenvalue weighted by atomic mass is 35.5. The van der Waals surface area contributed by atoms with Crippen molar-refractivity contribution in [3.05, 3.63) is 94.5 Å². The van der Waals surface area contributed by atoms with Crippen LogP contribution < -0.4 is 20.2 Å². The van der Waals surface area contributed by atoms with E-state index < -0.39 is 11.8 Å². The molecular weight excluding hydrogens is 442 g/mol. The van der Waals surface area contributed by atoms with Crippen LogP contribution in [-0.2, 0) is 16.2 Å². The number of hydrogen-bond donors (Lipinski definition) is 2. The van der Waals surface area contributed by atoms with E-state index in [2.05, 4.69) is 15.8 Å². The number of rotatable bonds is 8. The van der Waals surface area contributed by atoms with Crippen LogP contribution in [0.25, 0.3) is 0 Å². The Labute approximate surface area is 197 Å². The second-order valence-corrected chi connectivity index (χ2v) is 7.47. The fourth-order valence-electron chi connectivity index (χ4n) is 3.01. The lowest BCUT2D eigenvalue weighted by molar-refractivity contribution is -0.139. The van der Waals surface area contributed by atoms with Gasteiger partial charge in [-0.3, -0.25) is 9.59 Å². The van der Waals surface area contributed by atoms with Gasteiger partial charge in [-0.2, -0.15) is 5.10 Å². The van der Waals surface area contributed by atoms with E-state index >= 15 is 0 Å². The van der Waals surface area contributed by atoms with E-state index in [9.17, 15) is 9.59 Å². The topological polar surface area (TPSA) is 89.0 Å². The molecule has 0 saturated heterocycles. The van der Waals surface area contributed by atoms with Crippen LogP contribution in [0.1, 0.15) is 29.7 Å². The summed E-state index contributed by atoms with van der Waals surface area (Å²) in [4.78, 5) is 24.3. The predicted molar refractivity (Wildman–Crippen MR) is 128 cm³/mol. The van der Waals surface area contributed by atoms with Crippen molar-refractivity contribution in [2.75, 3.05) is 7.11 Å². The third-order valence-electron chi connectivity index (χ3n) is 4.78. The van der Waals surface area contributed by atoms with Gasteiger partial charge in [0.15, 0.2) is 11.5 Å². The van der Waals surface area contributed by atoms with Crippen molar-refractivity contribution in [1.82, 2.24) is 10.7 Å². The third kappa shape index (κ3) is 6.57. The molecule has 7 nitrogen and oxygen atoms in total. The Kier molecular flexibility index (Phi) is 8.43. The molecule has 3 rings (SSSR count). The lowest BCUT2D eigenvalue weighted by atomic mass is 10.1. The molecule has 0 heterocycles. The second-order valence-electron chi connectivity index (χ2n) is 7.06. The number of nitrogens with one attached hydrogen (secondary N) is 2. The number of halogens is 1. The van der Waals surface area contributed by atoms with Crippen LogP contribution in [0.5, 0.6) is 11.5 Å². The number of amides is 2. The zero-order valence-electron chi connectivity index (χ0n) is 18.2. The number of carbonyl (C=O) groups excluding carboxylic acids is 2. The van der Waals surface area contributed by atoms with E-state index in [0.717, 1.165) is 11.1 Å². The standard InChI is InChI=1S/C25H24ClN3O4/c1-17(18-9-4-3-5-10-18)28-24(30)25(31)29-27-15-19-12-8-14-22(32-2)23(19)33-16-20-11-6-7-13-21(20)26/h3-15,17H,16H2,1-2H3,(H,28,30)(H,29,31)/b27-15-/t17-/m0/s1. The molecule has 3 aromatic carbocycles. The molecule has 1 atom stereocenters. The molecule has 2 amide bonds. The highest BCUT2D eigenvalue weighted by molar-refractivity contribution is 6.35. The maximum atomic E-state index is 12.2. The molecule has 0 aliphatic heterocycles. The summed E-state index contributed by atoms with van der Waals surface area (Å²) in [6, 6.07) is 21.6. The van der Waals surface area contributed by atoms with Gasteiger partial charge >= 0.3 is 11.8 Å². The Bertz CT molecular complexity index is 1140. The average molecular weight is 466 g/mol. The van der Waals surface area contributed by atoms with Gasteiger partial charge in [0, 0.05) is 16.1 Å². The van der Waals surface area contributed by atoms with Crippen molar-refractivity contribution in [3.63, 3.8) is 0 Å². The molecular formula is C25H24ClN3O4. The van der Waals surface area contributed by atoms with Gasteiger partial charge in [-0.25, -0.2) is 5.43 Å². The van der Waals surface area contributed by atoms with E-state index in [1.165, 1.54) is 13.3 Å². The highest BCUT2D eigenvalue weighted by Gasteiger charge is 2.17. The van der Waals surface area contributed by atoms with Crippen molar-refractivity contribution >= 4 is 29.6 Å². The van der Waals surface area contributed by atoms with E-state index in [4.69, 9.17) is 21.1 Å². The maximum Gasteiger partial charge on any atom is 0.329 e. The summed E-state index contributed by atoms with van der Waals surface area (Å²) >= 11 is 6.20. The first-order valence-electron chi connectivity index (χ1n) is 10.2. The van der Waals surface area contributed by atoms with Crippen molar-refractivity contribution in [2.45, 2.75) is 19.6 Å². The minimum atomic E-state index is -0.879. The van der Waals surface area contributed by atoms with Gasteiger partial charge in [0.1, 0.15) is 6.61 Å². The molecule has 0 aliphatic carbocycles. The van der Waals surface area contributed by atoms with Crippen LogP contribution in [0.3, 0.4) is 0 Å². The first kappa shape index (κ1) is 23.8. The zero-order chi connectivity index (χ0) is 23.6. The number of nitrogens with zero attached hydrogens (tertiary/aromatic N) is 1. The molecule has 0 aromatic heterocycles. The molecule has 0 unspecified atom stereocenters. The smallest absolute Gasteiger partial charge is 0.329 e.